The number of thioether (sulfide) groups is 1. The summed E-state index contributed by atoms with van der Waals surface area (Å²) in [5.41, 5.74) is 1.55. The number of esters is 1. The molecule has 0 unspecified atom stereocenters. The van der Waals surface area contributed by atoms with Crippen LogP contribution < -0.4 is 0 Å². The van der Waals surface area contributed by atoms with E-state index >= 15 is 0 Å². The number of aromatic nitrogens is 3. The maximum atomic E-state index is 11.9. The van der Waals surface area contributed by atoms with Crippen LogP contribution in [0.25, 0.3) is 17.1 Å². The molecule has 6 nitrogen and oxygen atoms in total. The molecule has 1 aromatic heterocycles. The van der Waals surface area contributed by atoms with Crippen molar-refractivity contribution in [2.24, 2.45) is 0 Å². The van der Waals surface area contributed by atoms with Crippen molar-refractivity contribution < 1.29 is 14.6 Å². The van der Waals surface area contributed by atoms with Gasteiger partial charge in [0, 0.05) is 10.6 Å². The second-order valence-corrected chi connectivity index (χ2v) is 7.37. The Kier molecular flexibility index (Phi) is 6.03. The van der Waals surface area contributed by atoms with E-state index in [4.69, 9.17) is 16.3 Å². The monoisotopic (exact) mass is 403 g/mol. The molecule has 0 radical (unpaired) electrons. The van der Waals surface area contributed by atoms with E-state index in [2.05, 4.69) is 10.2 Å². The molecular weight excluding hydrogens is 386 g/mol. The minimum absolute atomic E-state index is 0.118. The Hall–Kier alpha value is -2.51. The molecule has 0 aliphatic heterocycles. The largest absolute Gasteiger partial charge is 0.508 e. The lowest BCUT2D eigenvalue weighted by molar-refractivity contribution is -0.144. The van der Waals surface area contributed by atoms with Crippen LogP contribution in [-0.2, 0) is 9.53 Å². The zero-order valence-electron chi connectivity index (χ0n) is 14.8. The first-order chi connectivity index (χ1) is 12.9. The van der Waals surface area contributed by atoms with Crippen LogP contribution >= 0.6 is 23.4 Å². The molecule has 0 fully saturated rings. The van der Waals surface area contributed by atoms with E-state index < -0.39 is 0 Å². The van der Waals surface area contributed by atoms with Crippen LogP contribution in [0.5, 0.6) is 5.75 Å². The molecule has 0 aliphatic carbocycles. The highest BCUT2D eigenvalue weighted by Crippen LogP contribution is 2.29. The van der Waals surface area contributed by atoms with E-state index in [0.29, 0.717) is 16.0 Å². The maximum Gasteiger partial charge on any atom is 0.316 e. The molecule has 0 aliphatic rings. The Bertz CT molecular complexity index is 942. The Morgan fingerprint density at radius 3 is 2.63 bits per heavy atom. The van der Waals surface area contributed by atoms with Crippen molar-refractivity contribution in [3.8, 4) is 22.8 Å². The lowest BCUT2D eigenvalue weighted by atomic mass is 10.2. The summed E-state index contributed by atoms with van der Waals surface area (Å²) in [4.78, 5) is 11.9. The van der Waals surface area contributed by atoms with Crippen LogP contribution in [0.15, 0.2) is 53.7 Å². The minimum atomic E-state index is -0.318. The number of rotatable bonds is 6. The Labute approximate surface area is 166 Å². The number of halogens is 1. The first-order valence-electron chi connectivity index (χ1n) is 8.27. The Morgan fingerprint density at radius 2 is 1.96 bits per heavy atom. The molecule has 1 N–H and O–H groups in total. The average Bonchev–Trinajstić information content (AvgIpc) is 3.04. The van der Waals surface area contributed by atoms with Crippen molar-refractivity contribution in [2.45, 2.75) is 25.1 Å². The van der Waals surface area contributed by atoms with E-state index in [9.17, 15) is 9.90 Å². The fraction of sp³-hybridized carbons (Fsp3) is 0.211. The number of nitrogens with zero attached hydrogens (tertiary/aromatic N) is 3. The van der Waals surface area contributed by atoms with Crippen molar-refractivity contribution in [3.05, 3.63) is 53.6 Å². The highest BCUT2D eigenvalue weighted by Gasteiger charge is 2.18. The first kappa shape index (κ1) is 19.3. The first-order valence-corrected chi connectivity index (χ1v) is 9.63. The highest BCUT2D eigenvalue weighted by molar-refractivity contribution is 7.99. The summed E-state index contributed by atoms with van der Waals surface area (Å²) in [5.74, 6) is 0.546. The molecule has 27 heavy (non-hydrogen) atoms. The molecule has 0 saturated carbocycles. The van der Waals surface area contributed by atoms with Gasteiger partial charge in [0.1, 0.15) is 5.75 Å². The van der Waals surface area contributed by atoms with Crippen LogP contribution in [0.4, 0.5) is 0 Å². The Morgan fingerprint density at radius 1 is 1.22 bits per heavy atom. The fourth-order valence-electron chi connectivity index (χ4n) is 2.43. The quantitative estimate of drug-likeness (QED) is 0.487. The van der Waals surface area contributed by atoms with Gasteiger partial charge in [-0.3, -0.25) is 9.36 Å². The van der Waals surface area contributed by atoms with E-state index in [1.165, 1.54) is 11.8 Å². The second-order valence-electron chi connectivity index (χ2n) is 6.00. The van der Waals surface area contributed by atoms with Crippen LogP contribution in [0.2, 0.25) is 5.02 Å². The molecule has 0 bridgehead atoms. The summed E-state index contributed by atoms with van der Waals surface area (Å²) >= 11 is 7.39. The molecule has 0 atom stereocenters. The number of aromatic hydroxyl groups is 1. The molecule has 140 valence electrons. The van der Waals surface area contributed by atoms with Crippen molar-refractivity contribution >= 4 is 29.3 Å². The zero-order chi connectivity index (χ0) is 19.4. The van der Waals surface area contributed by atoms with Gasteiger partial charge in [0.05, 0.1) is 17.5 Å². The smallest absolute Gasteiger partial charge is 0.316 e. The predicted octanol–water partition coefficient (Wildman–Crippen LogP) is 4.34. The van der Waals surface area contributed by atoms with Gasteiger partial charge >= 0.3 is 5.97 Å². The van der Waals surface area contributed by atoms with Crippen LogP contribution in [0, 0.1) is 0 Å². The molecule has 0 spiro atoms. The van der Waals surface area contributed by atoms with E-state index in [0.717, 1.165) is 11.3 Å². The number of carbonyl (C=O) groups is 1. The van der Waals surface area contributed by atoms with Crippen molar-refractivity contribution in [3.63, 3.8) is 0 Å². The zero-order valence-corrected chi connectivity index (χ0v) is 16.4. The van der Waals surface area contributed by atoms with Crippen molar-refractivity contribution in [2.75, 3.05) is 5.75 Å². The predicted molar refractivity (Wildman–Crippen MR) is 105 cm³/mol. The Balaban J connectivity index is 1.98. The number of carbonyl (C=O) groups excluding carboxylic acids is 1. The standard InChI is InChI=1S/C19H18ClN3O3S/c1-12(2)26-17(25)11-27-19-22-21-18(13-6-8-16(24)9-7-13)23(19)15-5-3-4-14(20)10-15/h3-10,12,24H,11H2,1-2H3. The number of phenols is 1. The van der Waals surface area contributed by atoms with Crippen LogP contribution in [-0.4, -0.2) is 37.7 Å². The number of hydrogen-bond acceptors (Lipinski definition) is 6. The average molecular weight is 404 g/mol. The molecule has 2 aromatic carbocycles. The van der Waals surface area contributed by atoms with Crippen LogP contribution in [0.1, 0.15) is 13.8 Å². The minimum Gasteiger partial charge on any atom is -0.508 e. The second kappa shape index (κ2) is 8.45. The van der Waals surface area contributed by atoms with Gasteiger partial charge in [0.2, 0.25) is 0 Å². The molecule has 3 rings (SSSR count). The van der Waals surface area contributed by atoms with E-state index in [1.807, 2.05) is 16.7 Å². The number of hydrogen-bond donors (Lipinski definition) is 1. The third kappa shape index (κ3) is 4.81. The van der Waals surface area contributed by atoms with Gasteiger partial charge in [-0.25, -0.2) is 0 Å². The number of benzene rings is 2. The van der Waals surface area contributed by atoms with Crippen LogP contribution in [0.3, 0.4) is 0 Å². The fourth-order valence-corrected chi connectivity index (χ4v) is 3.35. The number of phenolic OH excluding ortho intramolecular Hbond substituents is 1. The molecule has 1 heterocycles. The highest BCUT2D eigenvalue weighted by atomic mass is 35.5. The molecule has 3 aromatic rings. The lowest BCUT2D eigenvalue weighted by Crippen LogP contribution is -2.13. The van der Waals surface area contributed by atoms with Gasteiger partial charge in [-0.1, -0.05) is 29.4 Å². The summed E-state index contributed by atoms with van der Waals surface area (Å²) in [5, 5.41) is 19.2. The van der Waals surface area contributed by atoms with E-state index in [-0.39, 0.29) is 23.6 Å². The SMILES string of the molecule is CC(C)OC(=O)CSc1nnc(-c2ccc(O)cc2)n1-c1cccc(Cl)c1. The lowest BCUT2D eigenvalue weighted by Gasteiger charge is -2.11. The van der Waals surface area contributed by atoms with Crippen molar-refractivity contribution in [1.29, 1.82) is 0 Å². The van der Waals surface area contributed by atoms with Crippen molar-refractivity contribution in [1.82, 2.24) is 14.8 Å². The maximum absolute atomic E-state index is 11.9. The summed E-state index contributed by atoms with van der Waals surface area (Å²) in [6.07, 6.45) is -0.170. The molecular formula is C19H18ClN3O3S. The topological polar surface area (TPSA) is 77.2 Å². The summed E-state index contributed by atoms with van der Waals surface area (Å²) in [6.45, 7) is 3.61. The summed E-state index contributed by atoms with van der Waals surface area (Å²) in [7, 11) is 0. The summed E-state index contributed by atoms with van der Waals surface area (Å²) in [6, 6.07) is 14.0. The molecule has 0 amide bonds. The van der Waals surface area contributed by atoms with E-state index in [1.54, 1.807) is 50.2 Å². The van der Waals surface area contributed by atoms with Gasteiger partial charge in [0.25, 0.3) is 0 Å². The van der Waals surface area contributed by atoms with Gasteiger partial charge in [-0.05, 0) is 56.3 Å². The number of ether oxygens (including phenoxy) is 1. The molecule has 0 saturated heterocycles. The summed E-state index contributed by atoms with van der Waals surface area (Å²) < 4.78 is 7.00. The van der Waals surface area contributed by atoms with Gasteiger partial charge in [-0.2, -0.15) is 0 Å². The third-order valence-corrected chi connectivity index (χ3v) is 4.65. The van der Waals surface area contributed by atoms with Gasteiger partial charge in [-0.15, -0.1) is 10.2 Å². The molecule has 8 heteroatoms. The van der Waals surface area contributed by atoms with Gasteiger partial charge < -0.3 is 9.84 Å². The van der Waals surface area contributed by atoms with Gasteiger partial charge in [0.15, 0.2) is 11.0 Å². The normalized spacial score (nSPS) is 11.0. The third-order valence-electron chi connectivity index (χ3n) is 3.51.